The number of carbonyl (C=O) groups excluding carboxylic acids is 2. The molecule has 1 aromatic rings. The van der Waals surface area contributed by atoms with E-state index in [9.17, 15) is 19.5 Å². The third-order valence-electron chi connectivity index (χ3n) is 6.47. The number of aliphatic carboxylic acids is 1. The van der Waals surface area contributed by atoms with Crippen LogP contribution in [0.25, 0.3) is 0 Å². The van der Waals surface area contributed by atoms with E-state index in [2.05, 4.69) is 19.2 Å². The molecule has 2 amide bonds. The Morgan fingerprint density at radius 3 is 2.26 bits per heavy atom. The Morgan fingerprint density at radius 1 is 1.16 bits per heavy atom. The quantitative estimate of drug-likeness (QED) is 0.595. The van der Waals surface area contributed by atoms with Gasteiger partial charge in [0.15, 0.2) is 0 Å². The highest BCUT2D eigenvalue weighted by Crippen LogP contribution is 2.37. The minimum atomic E-state index is -0.931. The highest BCUT2D eigenvalue weighted by Gasteiger charge is 2.51. The Morgan fingerprint density at radius 2 is 1.77 bits per heavy atom. The predicted molar refractivity (Wildman–Crippen MR) is 120 cm³/mol. The first-order valence-electron chi connectivity index (χ1n) is 11.2. The summed E-state index contributed by atoms with van der Waals surface area (Å²) in [7, 11) is 3.40. The van der Waals surface area contributed by atoms with Crippen LogP contribution >= 0.6 is 0 Å². The Balaban J connectivity index is 2.52. The lowest BCUT2D eigenvalue weighted by Gasteiger charge is -2.38. The van der Waals surface area contributed by atoms with Crippen molar-refractivity contribution >= 4 is 17.8 Å². The van der Waals surface area contributed by atoms with E-state index < -0.39 is 17.9 Å². The molecule has 7 nitrogen and oxygen atoms in total. The van der Waals surface area contributed by atoms with E-state index in [0.29, 0.717) is 18.9 Å². The zero-order valence-corrected chi connectivity index (χ0v) is 19.4. The summed E-state index contributed by atoms with van der Waals surface area (Å²) in [5.41, 5.74) is 0.987. The summed E-state index contributed by atoms with van der Waals surface area (Å²) in [4.78, 5) is 40.9. The molecular formula is C24H37N3O4. The molecule has 0 saturated carbocycles. The monoisotopic (exact) mass is 431 g/mol. The Hall–Kier alpha value is -2.41. The minimum Gasteiger partial charge on any atom is -0.480 e. The fourth-order valence-corrected chi connectivity index (χ4v) is 4.82. The largest absolute Gasteiger partial charge is 0.480 e. The average molecular weight is 432 g/mol. The van der Waals surface area contributed by atoms with Crippen molar-refractivity contribution in [2.24, 2.45) is 11.8 Å². The molecule has 172 valence electrons. The van der Waals surface area contributed by atoms with E-state index in [1.165, 1.54) is 11.8 Å². The van der Waals surface area contributed by atoms with Crippen LogP contribution in [-0.4, -0.2) is 64.9 Å². The van der Waals surface area contributed by atoms with Gasteiger partial charge in [-0.25, -0.2) is 0 Å². The van der Waals surface area contributed by atoms with Gasteiger partial charge in [-0.1, -0.05) is 57.0 Å². The number of amides is 2. The molecular weight excluding hydrogens is 394 g/mol. The van der Waals surface area contributed by atoms with Crippen molar-refractivity contribution in [2.75, 3.05) is 14.1 Å². The van der Waals surface area contributed by atoms with Crippen LogP contribution in [0, 0.1) is 11.8 Å². The zero-order valence-electron chi connectivity index (χ0n) is 19.4. The first kappa shape index (κ1) is 24.9. The van der Waals surface area contributed by atoms with Crippen molar-refractivity contribution in [3.05, 3.63) is 35.9 Å². The summed E-state index contributed by atoms with van der Waals surface area (Å²) in [5.74, 6) is -1.29. The average Bonchev–Trinajstić information content (AvgIpc) is 3.10. The molecule has 1 aliphatic heterocycles. The zero-order chi connectivity index (χ0) is 23.1. The van der Waals surface area contributed by atoms with Crippen LogP contribution in [0.5, 0.6) is 0 Å². The lowest BCUT2D eigenvalue weighted by atomic mass is 9.85. The number of nitrogens with one attached hydrogen (secondary N) is 1. The lowest BCUT2D eigenvalue weighted by molar-refractivity contribution is -0.143. The van der Waals surface area contributed by atoms with Crippen LogP contribution in [0.15, 0.2) is 30.3 Å². The predicted octanol–water partition coefficient (Wildman–Crippen LogP) is 2.75. The lowest BCUT2D eigenvalue weighted by Crippen LogP contribution is -2.55. The number of hydrogen-bond donors (Lipinski definition) is 2. The van der Waals surface area contributed by atoms with E-state index in [1.54, 1.807) is 14.1 Å². The number of rotatable bonds is 10. The molecule has 7 heteroatoms. The van der Waals surface area contributed by atoms with Gasteiger partial charge in [0.2, 0.25) is 11.8 Å². The fraction of sp³-hybridized carbons (Fsp3) is 0.625. The van der Waals surface area contributed by atoms with E-state index in [4.69, 9.17) is 0 Å². The topological polar surface area (TPSA) is 90.0 Å². The highest BCUT2D eigenvalue weighted by atomic mass is 16.4. The second-order valence-electron chi connectivity index (χ2n) is 8.80. The molecule has 0 bridgehead atoms. The number of carbonyl (C=O) groups is 3. The van der Waals surface area contributed by atoms with Crippen molar-refractivity contribution in [3.8, 4) is 0 Å². The minimum absolute atomic E-state index is 0.0910. The number of benzene rings is 1. The van der Waals surface area contributed by atoms with Crippen molar-refractivity contribution in [1.82, 2.24) is 15.1 Å². The number of carboxylic acids is 1. The number of likely N-dealkylation sites (tertiary alicyclic amines) is 1. The molecule has 31 heavy (non-hydrogen) atoms. The van der Waals surface area contributed by atoms with Gasteiger partial charge in [0.1, 0.15) is 6.04 Å². The standard InChI is InChI=1S/C24H37N3O4/c1-6-17(7-2)13-20(25-16(3)28)22-19(23(29)26(4)5)14-21(24(30)31)27(22)15-18-11-9-8-10-12-18/h8-12,17,19-22H,6-7,13-15H2,1-5H3,(H,25,28)(H,30,31). The first-order valence-corrected chi connectivity index (χ1v) is 11.2. The van der Waals surface area contributed by atoms with Gasteiger partial charge >= 0.3 is 5.97 Å². The summed E-state index contributed by atoms with van der Waals surface area (Å²) in [6.45, 7) is 6.14. The molecule has 1 heterocycles. The van der Waals surface area contributed by atoms with Crippen LogP contribution < -0.4 is 5.32 Å². The molecule has 1 aliphatic rings. The molecule has 2 N–H and O–H groups in total. The molecule has 1 fully saturated rings. The molecule has 1 aromatic carbocycles. The van der Waals surface area contributed by atoms with Gasteiger partial charge in [-0.3, -0.25) is 19.3 Å². The summed E-state index contributed by atoms with van der Waals surface area (Å²) in [5, 5.41) is 13.1. The van der Waals surface area contributed by atoms with Gasteiger partial charge in [0.25, 0.3) is 0 Å². The van der Waals surface area contributed by atoms with Crippen molar-refractivity contribution in [3.63, 3.8) is 0 Å². The molecule has 1 saturated heterocycles. The maximum absolute atomic E-state index is 13.1. The normalized spacial score (nSPS) is 22.3. The van der Waals surface area contributed by atoms with Crippen molar-refractivity contribution in [1.29, 1.82) is 0 Å². The number of hydrogen-bond acceptors (Lipinski definition) is 4. The third-order valence-corrected chi connectivity index (χ3v) is 6.47. The van der Waals surface area contributed by atoms with Gasteiger partial charge in [-0.15, -0.1) is 0 Å². The molecule has 0 aliphatic carbocycles. The van der Waals surface area contributed by atoms with Crippen molar-refractivity contribution in [2.45, 2.75) is 71.1 Å². The van der Waals surface area contributed by atoms with E-state index >= 15 is 0 Å². The molecule has 0 radical (unpaired) electrons. The van der Waals surface area contributed by atoms with Gasteiger partial charge in [-0.05, 0) is 24.3 Å². The maximum Gasteiger partial charge on any atom is 0.320 e. The summed E-state index contributed by atoms with van der Waals surface area (Å²) in [6, 6.07) is 8.23. The molecule has 0 spiro atoms. The summed E-state index contributed by atoms with van der Waals surface area (Å²) >= 11 is 0. The fourth-order valence-electron chi connectivity index (χ4n) is 4.82. The third kappa shape index (κ3) is 6.29. The van der Waals surface area contributed by atoms with Crippen molar-refractivity contribution < 1.29 is 19.5 Å². The number of carboxylic acid groups (broad SMARTS) is 1. The molecule has 0 aromatic heterocycles. The highest BCUT2D eigenvalue weighted by molar-refractivity contribution is 5.83. The van der Waals surface area contributed by atoms with Gasteiger partial charge in [0.05, 0.1) is 5.92 Å². The number of nitrogens with zero attached hydrogens (tertiary/aromatic N) is 2. The van der Waals surface area contributed by atoms with Crippen LogP contribution in [-0.2, 0) is 20.9 Å². The Bertz CT molecular complexity index is 748. The van der Waals surface area contributed by atoms with E-state index in [-0.39, 0.29) is 30.3 Å². The summed E-state index contributed by atoms with van der Waals surface area (Å²) < 4.78 is 0. The Kier molecular flexibility index (Phi) is 9.04. The van der Waals surface area contributed by atoms with Gasteiger partial charge in [-0.2, -0.15) is 0 Å². The summed E-state index contributed by atoms with van der Waals surface area (Å²) in [6.07, 6.45) is 2.88. The van der Waals surface area contributed by atoms with Gasteiger partial charge in [0, 0.05) is 39.6 Å². The van der Waals surface area contributed by atoms with E-state index in [0.717, 1.165) is 18.4 Å². The first-order chi connectivity index (χ1) is 14.7. The molecule has 2 rings (SSSR count). The molecule has 4 atom stereocenters. The maximum atomic E-state index is 13.1. The van der Waals surface area contributed by atoms with Crippen LogP contribution in [0.4, 0.5) is 0 Å². The SMILES string of the molecule is CCC(CC)CC(NC(C)=O)C1C(C(=O)N(C)C)CC(C(=O)O)N1Cc1ccccc1. The Labute approximate surface area is 185 Å². The smallest absolute Gasteiger partial charge is 0.320 e. The van der Waals surface area contributed by atoms with Crippen LogP contribution in [0.3, 0.4) is 0 Å². The molecule has 4 unspecified atom stereocenters. The van der Waals surface area contributed by atoms with Crippen LogP contribution in [0.1, 0.15) is 52.0 Å². The second kappa shape index (κ2) is 11.3. The van der Waals surface area contributed by atoms with Gasteiger partial charge < -0.3 is 15.3 Å². The second-order valence-corrected chi connectivity index (χ2v) is 8.80. The van der Waals surface area contributed by atoms with Crippen LogP contribution in [0.2, 0.25) is 0 Å². The van der Waals surface area contributed by atoms with E-state index in [1.807, 2.05) is 35.2 Å².